The Balaban J connectivity index is 0. The second kappa shape index (κ2) is 7.09. The highest BCUT2D eigenvalue weighted by Crippen LogP contribution is 1.92. The summed E-state index contributed by atoms with van der Waals surface area (Å²) in [7, 11) is 0. The molecule has 12 heavy (non-hydrogen) atoms. The van der Waals surface area contributed by atoms with Crippen LogP contribution in [0.3, 0.4) is 0 Å². The number of carbonyl (C=O) groups excluding carboxylic acids is 1. The van der Waals surface area contributed by atoms with Gasteiger partial charge in [-0.15, -0.1) is 12.4 Å². The van der Waals surface area contributed by atoms with Crippen molar-refractivity contribution in [3.8, 4) is 0 Å². The van der Waals surface area contributed by atoms with E-state index in [9.17, 15) is 4.79 Å². The number of esters is 1. The number of halogens is 1. The van der Waals surface area contributed by atoms with Gasteiger partial charge in [0, 0.05) is 12.1 Å². The van der Waals surface area contributed by atoms with Crippen LogP contribution < -0.4 is 5.73 Å². The van der Waals surface area contributed by atoms with E-state index in [0.717, 1.165) is 0 Å². The zero-order valence-electron chi connectivity index (χ0n) is 6.95. The van der Waals surface area contributed by atoms with Gasteiger partial charge in [-0.2, -0.15) is 0 Å². The first-order chi connectivity index (χ1) is 5.07. The standard InChI is InChI=1S/C7H13NO3.ClH/c1-5(2)7(10)11-4-6(9)3-8;/h6,9H,1,3-4,8H2,2H3;1H. The molecule has 4 nitrogen and oxygen atoms in total. The van der Waals surface area contributed by atoms with Crippen LogP contribution in [0.5, 0.6) is 0 Å². The zero-order valence-corrected chi connectivity index (χ0v) is 7.76. The fourth-order valence-corrected chi connectivity index (χ4v) is 0.363. The van der Waals surface area contributed by atoms with E-state index in [1.54, 1.807) is 0 Å². The molecule has 0 aliphatic rings. The van der Waals surface area contributed by atoms with Crippen LogP contribution in [0.25, 0.3) is 0 Å². The number of ether oxygens (including phenoxy) is 1. The molecule has 72 valence electrons. The number of aliphatic hydroxyl groups excluding tert-OH is 1. The minimum Gasteiger partial charge on any atom is -0.460 e. The first kappa shape index (κ1) is 14.0. The van der Waals surface area contributed by atoms with Crippen molar-refractivity contribution in [2.75, 3.05) is 13.2 Å². The second-order valence-corrected chi connectivity index (χ2v) is 2.27. The molecule has 0 aromatic heterocycles. The maximum absolute atomic E-state index is 10.7. The Morgan fingerprint density at radius 2 is 2.25 bits per heavy atom. The van der Waals surface area contributed by atoms with Crippen LogP contribution in [0.2, 0.25) is 0 Å². The van der Waals surface area contributed by atoms with Gasteiger partial charge in [0.1, 0.15) is 12.7 Å². The van der Waals surface area contributed by atoms with Crippen molar-refractivity contribution in [2.24, 2.45) is 5.73 Å². The minimum absolute atomic E-state index is 0. The summed E-state index contributed by atoms with van der Waals surface area (Å²) in [6.45, 7) is 4.93. The number of aliphatic hydroxyl groups is 1. The van der Waals surface area contributed by atoms with Crippen LogP contribution in [-0.2, 0) is 9.53 Å². The molecule has 0 heterocycles. The molecule has 0 aromatic rings. The fraction of sp³-hybridized carbons (Fsp3) is 0.571. The quantitative estimate of drug-likeness (QED) is 0.483. The zero-order chi connectivity index (χ0) is 8.85. The van der Waals surface area contributed by atoms with Gasteiger partial charge >= 0.3 is 5.97 Å². The second-order valence-electron chi connectivity index (χ2n) is 2.27. The summed E-state index contributed by atoms with van der Waals surface area (Å²) in [5.41, 5.74) is 5.38. The van der Waals surface area contributed by atoms with Gasteiger partial charge in [0.2, 0.25) is 0 Å². The van der Waals surface area contributed by atoms with Crippen molar-refractivity contribution in [3.05, 3.63) is 12.2 Å². The molecule has 0 saturated carbocycles. The summed E-state index contributed by atoms with van der Waals surface area (Å²) in [4.78, 5) is 10.7. The van der Waals surface area contributed by atoms with E-state index in [1.165, 1.54) is 6.92 Å². The van der Waals surface area contributed by atoms with Gasteiger partial charge in [-0.1, -0.05) is 6.58 Å². The van der Waals surface area contributed by atoms with Crippen molar-refractivity contribution < 1.29 is 14.6 Å². The van der Waals surface area contributed by atoms with Gasteiger partial charge in [-0.25, -0.2) is 4.79 Å². The summed E-state index contributed by atoms with van der Waals surface area (Å²) < 4.78 is 4.59. The topological polar surface area (TPSA) is 72.5 Å². The lowest BCUT2D eigenvalue weighted by atomic mass is 10.3. The largest absolute Gasteiger partial charge is 0.460 e. The van der Waals surface area contributed by atoms with Gasteiger partial charge in [0.15, 0.2) is 0 Å². The Morgan fingerprint density at radius 3 is 2.58 bits per heavy atom. The lowest BCUT2D eigenvalue weighted by Crippen LogP contribution is -2.26. The third-order valence-corrected chi connectivity index (χ3v) is 1.03. The molecule has 0 rings (SSSR count). The lowest BCUT2D eigenvalue weighted by Gasteiger charge is -2.07. The average molecular weight is 196 g/mol. The third kappa shape index (κ3) is 6.15. The lowest BCUT2D eigenvalue weighted by molar-refractivity contribution is -0.141. The molecule has 0 radical (unpaired) electrons. The van der Waals surface area contributed by atoms with E-state index in [0.29, 0.717) is 5.57 Å². The van der Waals surface area contributed by atoms with Crippen LogP contribution in [0, 0.1) is 0 Å². The molecule has 0 fully saturated rings. The number of rotatable bonds is 4. The molecular weight excluding hydrogens is 182 g/mol. The minimum atomic E-state index is -0.779. The first-order valence-electron chi connectivity index (χ1n) is 3.28. The monoisotopic (exact) mass is 195 g/mol. The Bertz CT molecular complexity index is 161. The molecule has 3 N–H and O–H groups in total. The molecule has 5 heteroatoms. The Morgan fingerprint density at radius 1 is 1.75 bits per heavy atom. The van der Waals surface area contributed by atoms with Crippen LogP contribution in [0.1, 0.15) is 6.92 Å². The SMILES string of the molecule is C=C(C)C(=O)OCC(O)CN.Cl. The van der Waals surface area contributed by atoms with E-state index in [-0.39, 0.29) is 25.6 Å². The number of hydrogen-bond acceptors (Lipinski definition) is 4. The third-order valence-electron chi connectivity index (χ3n) is 1.03. The average Bonchev–Trinajstić information content (AvgIpc) is 1.99. The Hall–Kier alpha value is -0.580. The summed E-state index contributed by atoms with van der Waals surface area (Å²) in [5, 5.41) is 8.86. The highest BCUT2D eigenvalue weighted by atomic mass is 35.5. The summed E-state index contributed by atoms with van der Waals surface area (Å²) in [6, 6.07) is 0. The van der Waals surface area contributed by atoms with E-state index < -0.39 is 12.1 Å². The molecule has 0 aliphatic carbocycles. The van der Waals surface area contributed by atoms with Crippen molar-refractivity contribution >= 4 is 18.4 Å². The van der Waals surface area contributed by atoms with Gasteiger partial charge in [0.25, 0.3) is 0 Å². The van der Waals surface area contributed by atoms with Crippen molar-refractivity contribution in [1.82, 2.24) is 0 Å². The van der Waals surface area contributed by atoms with E-state index in [1.807, 2.05) is 0 Å². The van der Waals surface area contributed by atoms with Crippen molar-refractivity contribution in [3.63, 3.8) is 0 Å². The maximum atomic E-state index is 10.7. The summed E-state index contributed by atoms with van der Waals surface area (Å²) in [5.74, 6) is -0.502. The van der Waals surface area contributed by atoms with Crippen molar-refractivity contribution in [2.45, 2.75) is 13.0 Å². The first-order valence-corrected chi connectivity index (χ1v) is 3.28. The van der Waals surface area contributed by atoms with Gasteiger partial charge < -0.3 is 15.6 Å². The van der Waals surface area contributed by atoms with E-state index in [2.05, 4.69) is 11.3 Å². The smallest absolute Gasteiger partial charge is 0.333 e. The van der Waals surface area contributed by atoms with Crippen LogP contribution in [0.4, 0.5) is 0 Å². The molecule has 0 spiro atoms. The fourth-order valence-electron chi connectivity index (χ4n) is 0.363. The molecule has 0 aromatic carbocycles. The molecule has 0 bridgehead atoms. The van der Waals surface area contributed by atoms with Gasteiger partial charge in [-0.05, 0) is 6.92 Å². The van der Waals surface area contributed by atoms with Crippen molar-refractivity contribution in [1.29, 1.82) is 0 Å². The van der Waals surface area contributed by atoms with Crippen LogP contribution >= 0.6 is 12.4 Å². The van der Waals surface area contributed by atoms with Gasteiger partial charge in [0.05, 0.1) is 0 Å². The summed E-state index contributed by atoms with van der Waals surface area (Å²) in [6.07, 6.45) is -0.779. The van der Waals surface area contributed by atoms with E-state index in [4.69, 9.17) is 10.8 Å². The highest BCUT2D eigenvalue weighted by molar-refractivity contribution is 5.86. The van der Waals surface area contributed by atoms with Crippen LogP contribution in [-0.4, -0.2) is 30.3 Å². The molecular formula is C7H14ClNO3. The van der Waals surface area contributed by atoms with Gasteiger partial charge in [-0.3, -0.25) is 0 Å². The maximum Gasteiger partial charge on any atom is 0.333 e. The molecule has 1 unspecified atom stereocenters. The molecule has 0 aliphatic heterocycles. The van der Waals surface area contributed by atoms with E-state index >= 15 is 0 Å². The Kier molecular flexibility index (Phi) is 8.26. The number of nitrogens with two attached hydrogens (primary N) is 1. The summed E-state index contributed by atoms with van der Waals surface area (Å²) >= 11 is 0. The van der Waals surface area contributed by atoms with Crippen LogP contribution in [0.15, 0.2) is 12.2 Å². The molecule has 1 atom stereocenters. The molecule has 0 amide bonds. The molecule has 0 saturated heterocycles. The predicted octanol–water partition coefficient (Wildman–Crippen LogP) is -0.153. The normalized spacial score (nSPS) is 11.2. The number of carbonyl (C=O) groups is 1. The highest BCUT2D eigenvalue weighted by Gasteiger charge is 2.06. The predicted molar refractivity (Wildman–Crippen MR) is 48.1 cm³/mol. The number of hydrogen-bond donors (Lipinski definition) is 2. The Labute approximate surface area is 77.8 Å².